The van der Waals surface area contributed by atoms with Crippen molar-refractivity contribution in [3.63, 3.8) is 0 Å². The number of hydrogen-bond donors (Lipinski definition) is 2. The van der Waals surface area contributed by atoms with Gasteiger partial charge in [0.05, 0.1) is 0 Å². The van der Waals surface area contributed by atoms with Crippen LogP contribution < -0.4 is 10.6 Å². The van der Waals surface area contributed by atoms with Crippen LogP contribution in [0.2, 0.25) is 0 Å². The third kappa shape index (κ3) is 5.70. The lowest BCUT2D eigenvalue weighted by Crippen LogP contribution is -2.42. The molecule has 0 spiro atoms. The molecule has 0 atom stereocenters. The first kappa shape index (κ1) is 19.7. The summed E-state index contributed by atoms with van der Waals surface area (Å²) in [6.07, 6.45) is 0. The van der Waals surface area contributed by atoms with Crippen LogP contribution in [-0.4, -0.2) is 31.1 Å². The van der Waals surface area contributed by atoms with Crippen LogP contribution >= 0.6 is 11.3 Å². The lowest BCUT2D eigenvalue weighted by molar-refractivity contribution is -0.123. The topological polar surface area (TPSA) is 84.5 Å². The Balaban J connectivity index is 1.91. The maximum atomic E-state index is 12.3. The van der Waals surface area contributed by atoms with E-state index in [4.69, 9.17) is 4.74 Å². The zero-order valence-electron chi connectivity index (χ0n) is 15.0. The highest BCUT2D eigenvalue weighted by Crippen LogP contribution is 2.29. The van der Waals surface area contributed by atoms with Gasteiger partial charge in [-0.25, -0.2) is 9.59 Å². The molecule has 138 valence electrons. The Labute approximate surface area is 156 Å². The van der Waals surface area contributed by atoms with Crippen molar-refractivity contribution >= 4 is 29.2 Å². The Morgan fingerprint density at radius 3 is 2.46 bits per heavy atom. The number of aryl methyl sites for hydroxylation is 1. The van der Waals surface area contributed by atoms with Gasteiger partial charge in [-0.1, -0.05) is 43.7 Å². The minimum absolute atomic E-state index is 0.271. The summed E-state index contributed by atoms with van der Waals surface area (Å²) in [5.41, 5.74) is 2.79. The molecular formula is C19H22N2O4S. The van der Waals surface area contributed by atoms with Crippen molar-refractivity contribution in [2.45, 2.75) is 20.8 Å². The molecule has 2 rings (SSSR count). The standard InChI is InChI=1S/C19H22N2O4S/c1-12(2)10-20-19(24)21-16(22)11-25-18(23)17-15(8-9-26-17)14-6-4-13(3)5-7-14/h4-9,12H,10-11H2,1-3H3,(H2,20,21,22,24). The van der Waals surface area contributed by atoms with E-state index in [-0.39, 0.29) is 5.92 Å². The number of rotatable bonds is 6. The maximum Gasteiger partial charge on any atom is 0.349 e. The van der Waals surface area contributed by atoms with Crippen molar-refractivity contribution < 1.29 is 19.1 Å². The minimum Gasteiger partial charge on any atom is -0.451 e. The molecule has 0 saturated carbocycles. The number of hydrogen-bond acceptors (Lipinski definition) is 5. The SMILES string of the molecule is Cc1ccc(-c2ccsc2C(=O)OCC(=O)NC(=O)NCC(C)C)cc1. The van der Waals surface area contributed by atoms with E-state index >= 15 is 0 Å². The number of thiophene rings is 1. The molecule has 0 bridgehead atoms. The van der Waals surface area contributed by atoms with E-state index in [1.54, 1.807) is 5.38 Å². The van der Waals surface area contributed by atoms with Crippen LogP contribution in [0.25, 0.3) is 11.1 Å². The van der Waals surface area contributed by atoms with Crippen molar-refractivity contribution in [2.24, 2.45) is 5.92 Å². The summed E-state index contributed by atoms with van der Waals surface area (Å²) in [5, 5.41) is 6.48. The second kappa shape index (κ2) is 9.15. The number of esters is 1. The Morgan fingerprint density at radius 1 is 1.12 bits per heavy atom. The van der Waals surface area contributed by atoms with Gasteiger partial charge in [-0.2, -0.15) is 0 Å². The molecule has 2 aromatic rings. The molecule has 1 aromatic carbocycles. The van der Waals surface area contributed by atoms with Gasteiger partial charge in [-0.3, -0.25) is 10.1 Å². The molecule has 7 heteroatoms. The molecule has 26 heavy (non-hydrogen) atoms. The fourth-order valence-corrected chi connectivity index (χ4v) is 2.94. The smallest absolute Gasteiger partial charge is 0.349 e. The minimum atomic E-state index is -0.673. The highest BCUT2D eigenvalue weighted by molar-refractivity contribution is 7.12. The average Bonchev–Trinajstić information content (AvgIpc) is 3.08. The molecule has 0 aliphatic carbocycles. The molecule has 0 aliphatic rings. The summed E-state index contributed by atoms with van der Waals surface area (Å²) in [4.78, 5) is 35.9. The Hall–Kier alpha value is -2.67. The average molecular weight is 374 g/mol. The Morgan fingerprint density at radius 2 is 1.81 bits per heavy atom. The van der Waals surface area contributed by atoms with Crippen molar-refractivity contribution in [2.75, 3.05) is 13.2 Å². The first-order chi connectivity index (χ1) is 12.4. The van der Waals surface area contributed by atoms with E-state index in [9.17, 15) is 14.4 Å². The van der Waals surface area contributed by atoms with E-state index in [1.165, 1.54) is 11.3 Å². The van der Waals surface area contributed by atoms with Crippen LogP contribution in [0.15, 0.2) is 35.7 Å². The Bertz CT molecular complexity index is 781. The molecule has 3 amide bonds. The first-order valence-corrected chi connectivity index (χ1v) is 9.14. The quantitative estimate of drug-likeness (QED) is 0.760. The number of urea groups is 1. The molecule has 2 N–H and O–H groups in total. The largest absolute Gasteiger partial charge is 0.451 e. The van der Waals surface area contributed by atoms with Crippen LogP contribution in [0, 0.1) is 12.8 Å². The van der Waals surface area contributed by atoms with E-state index in [1.807, 2.05) is 51.1 Å². The lowest BCUT2D eigenvalue weighted by Gasteiger charge is -2.09. The van der Waals surface area contributed by atoms with Gasteiger partial charge in [0.1, 0.15) is 4.88 Å². The molecule has 0 fully saturated rings. The summed E-state index contributed by atoms with van der Waals surface area (Å²) >= 11 is 1.25. The highest BCUT2D eigenvalue weighted by atomic mass is 32.1. The third-order valence-corrected chi connectivity index (χ3v) is 4.37. The number of ether oxygens (including phenoxy) is 1. The van der Waals surface area contributed by atoms with E-state index in [0.717, 1.165) is 16.7 Å². The number of carbonyl (C=O) groups is 3. The zero-order valence-corrected chi connectivity index (χ0v) is 15.8. The Kier molecular flexibility index (Phi) is 6.91. The van der Waals surface area contributed by atoms with Gasteiger partial charge in [0.2, 0.25) is 0 Å². The summed E-state index contributed by atoms with van der Waals surface area (Å²) in [5.74, 6) is -0.992. The van der Waals surface area contributed by atoms with Crippen molar-refractivity contribution in [1.82, 2.24) is 10.6 Å². The third-order valence-electron chi connectivity index (χ3n) is 3.47. The van der Waals surface area contributed by atoms with Crippen LogP contribution in [-0.2, 0) is 9.53 Å². The van der Waals surface area contributed by atoms with Crippen LogP contribution in [0.1, 0.15) is 29.1 Å². The maximum absolute atomic E-state index is 12.3. The number of carbonyl (C=O) groups excluding carboxylic acids is 3. The van der Waals surface area contributed by atoms with Gasteiger partial charge in [-0.15, -0.1) is 11.3 Å². The van der Waals surface area contributed by atoms with Gasteiger partial charge in [-0.05, 0) is 29.9 Å². The normalized spacial score (nSPS) is 10.5. The van der Waals surface area contributed by atoms with Crippen molar-refractivity contribution in [1.29, 1.82) is 0 Å². The van der Waals surface area contributed by atoms with Gasteiger partial charge >= 0.3 is 12.0 Å². The second-order valence-corrected chi connectivity index (χ2v) is 7.17. The van der Waals surface area contributed by atoms with Crippen molar-refractivity contribution in [3.05, 3.63) is 46.2 Å². The predicted octanol–water partition coefficient (Wildman–Crippen LogP) is 3.36. The number of nitrogens with one attached hydrogen (secondary N) is 2. The molecule has 0 unspecified atom stereocenters. The molecular weight excluding hydrogens is 352 g/mol. The monoisotopic (exact) mass is 374 g/mol. The van der Waals surface area contributed by atoms with Gasteiger partial charge < -0.3 is 10.1 Å². The predicted molar refractivity (Wildman–Crippen MR) is 101 cm³/mol. The number of amides is 3. The highest BCUT2D eigenvalue weighted by Gasteiger charge is 2.18. The molecule has 6 nitrogen and oxygen atoms in total. The van der Waals surface area contributed by atoms with E-state index in [2.05, 4.69) is 10.6 Å². The van der Waals surface area contributed by atoms with Crippen LogP contribution in [0.3, 0.4) is 0 Å². The number of benzene rings is 1. The molecule has 0 radical (unpaired) electrons. The summed E-state index contributed by atoms with van der Waals surface area (Å²) in [6, 6.07) is 9.03. The second-order valence-electron chi connectivity index (χ2n) is 6.26. The molecule has 1 heterocycles. The van der Waals surface area contributed by atoms with Crippen LogP contribution in [0.5, 0.6) is 0 Å². The van der Waals surface area contributed by atoms with Crippen LogP contribution in [0.4, 0.5) is 4.79 Å². The lowest BCUT2D eigenvalue weighted by atomic mass is 10.1. The summed E-state index contributed by atoms with van der Waals surface area (Å²) in [6.45, 7) is 5.81. The fraction of sp³-hybridized carbons (Fsp3) is 0.316. The van der Waals surface area contributed by atoms with Gasteiger partial charge in [0, 0.05) is 12.1 Å². The fourth-order valence-electron chi connectivity index (χ4n) is 2.13. The summed E-state index contributed by atoms with van der Waals surface area (Å²) < 4.78 is 5.04. The summed E-state index contributed by atoms with van der Waals surface area (Å²) in [7, 11) is 0. The number of imide groups is 1. The molecule has 0 aliphatic heterocycles. The van der Waals surface area contributed by atoms with E-state index < -0.39 is 24.5 Å². The first-order valence-electron chi connectivity index (χ1n) is 8.26. The van der Waals surface area contributed by atoms with Gasteiger partial charge in [0.25, 0.3) is 5.91 Å². The van der Waals surface area contributed by atoms with Gasteiger partial charge in [0.15, 0.2) is 6.61 Å². The van der Waals surface area contributed by atoms with Crippen molar-refractivity contribution in [3.8, 4) is 11.1 Å². The van der Waals surface area contributed by atoms with E-state index in [0.29, 0.717) is 11.4 Å². The molecule has 0 saturated heterocycles. The zero-order chi connectivity index (χ0) is 19.1. The molecule has 1 aromatic heterocycles.